The van der Waals surface area contributed by atoms with Crippen molar-refractivity contribution in [3.8, 4) is 0 Å². The number of fused-ring (bicyclic) bond motifs is 1. The van der Waals surface area contributed by atoms with E-state index in [1.807, 2.05) is 79.5 Å². The first-order valence-electron chi connectivity index (χ1n) is 10.6. The summed E-state index contributed by atoms with van der Waals surface area (Å²) in [7, 11) is 1.98. The van der Waals surface area contributed by atoms with Crippen LogP contribution in [-0.4, -0.2) is 29.6 Å². The summed E-state index contributed by atoms with van der Waals surface area (Å²) in [5.74, 6) is -0.00322. The molecule has 1 saturated heterocycles. The lowest BCUT2D eigenvalue weighted by atomic mass is 10.1. The first kappa shape index (κ1) is 22.1. The molecule has 0 unspecified atom stereocenters. The van der Waals surface area contributed by atoms with E-state index in [0.717, 1.165) is 38.5 Å². The second kappa shape index (κ2) is 9.29. The molecule has 0 spiro atoms. The van der Waals surface area contributed by atoms with E-state index in [1.165, 1.54) is 17.3 Å². The fourth-order valence-electron chi connectivity index (χ4n) is 3.81. The Labute approximate surface area is 207 Å². The largest absolute Gasteiger partial charge is 0.337 e. The Hall–Kier alpha value is -2.67. The number of rotatable bonds is 4. The molecule has 0 aliphatic carbocycles. The molecular formula is C26H22ClN3OS2. The van der Waals surface area contributed by atoms with Gasteiger partial charge in [0.15, 0.2) is 5.17 Å². The molecule has 2 heterocycles. The summed E-state index contributed by atoms with van der Waals surface area (Å²) in [6, 6.07) is 24.1. The number of hydrogen-bond donors (Lipinski definition) is 0. The Kier molecular flexibility index (Phi) is 6.23. The zero-order valence-corrected chi connectivity index (χ0v) is 20.7. The molecule has 7 heteroatoms. The van der Waals surface area contributed by atoms with Gasteiger partial charge in [-0.1, -0.05) is 71.9 Å². The van der Waals surface area contributed by atoms with E-state index in [0.29, 0.717) is 16.5 Å². The number of aryl methyl sites for hydroxylation is 1. The Morgan fingerprint density at radius 1 is 0.970 bits per heavy atom. The lowest BCUT2D eigenvalue weighted by molar-refractivity contribution is -0.122. The van der Waals surface area contributed by atoms with Gasteiger partial charge in [0, 0.05) is 23.5 Å². The first-order valence-corrected chi connectivity index (χ1v) is 12.7. The Morgan fingerprint density at radius 2 is 1.73 bits per heavy atom. The van der Waals surface area contributed by atoms with Crippen molar-refractivity contribution >= 4 is 57.6 Å². The monoisotopic (exact) mass is 491 g/mol. The maximum Gasteiger partial charge on any atom is 0.269 e. The predicted octanol–water partition coefficient (Wildman–Crippen LogP) is 6.87. The minimum absolute atomic E-state index is 0.00322. The van der Waals surface area contributed by atoms with Crippen LogP contribution in [0.15, 0.2) is 92.6 Å². The quantitative estimate of drug-likeness (QED) is 0.373. The molecule has 0 atom stereocenters. The van der Waals surface area contributed by atoms with Gasteiger partial charge < -0.3 is 4.90 Å². The van der Waals surface area contributed by atoms with Gasteiger partial charge in [-0.15, -0.1) is 0 Å². The second-order valence-corrected chi connectivity index (χ2v) is 10.3. The average Bonchev–Trinajstić information content (AvgIpc) is 3.30. The number of halogens is 1. The molecule has 3 aromatic rings. The number of thioether (sulfide) groups is 2. The van der Waals surface area contributed by atoms with Crippen molar-refractivity contribution in [1.82, 2.24) is 4.90 Å². The van der Waals surface area contributed by atoms with E-state index in [9.17, 15) is 4.79 Å². The number of aliphatic imine (C=N–C) groups is 1. The molecule has 1 fully saturated rings. The zero-order chi connectivity index (χ0) is 22.9. The Morgan fingerprint density at radius 3 is 2.52 bits per heavy atom. The highest BCUT2D eigenvalue weighted by molar-refractivity contribution is 8.19. The molecule has 2 aliphatic rings. The van der Waals surface area contributed by atoms with Crippen molar-refractivity contribution in [2.75, 3.05) is 18.5 Å². The number of amidine groups is 1. The highest BCUT2D eigenvalue weighted by Gasteiger charge is 2.39. The minimum Gasteiger partial charge on any atom is -0.337 e. The molecule has 166 valence electrons. The standard InChI is InChI=1S/C26H22ClN3OS2/c1-17-8-6-7-11-20(17)28-26-30(15-14-18-9-4-3-5-10-18)24(31)23(33-26)25-29(2)21-16-19(27)12-13-22(21)32-25/h3-13,16H,14-15H2,1-2H3. The summed E-state index contributed by atoms with van der Waals surface area (Å²) >= 11 is 9.28. The van der Waals surface area contributed by atoms with Gasteiger partial charge in [-0.05, 0) is 60.5 Å². The van der Waals surface area contributed by atoms with E-state index in [4.69, 9.17) is 16.6 Å². The third-order valence-corrected chi connectivity index (χ3v) is 8.32. The van der Waals surface area contributed by atoms with Crippen LogP contribution in [0.4, 0.5) is 11.4 Å². The lowest BCUT2D eigenvalue weighted by Gasteiger charge is -2.17. The fraction of sp³-hybridized carbons (Fsp3) is 0.154. The number of nitrogens with zero attached hydrogens (tertiary/aromatic N) is 3. The summed E-state index contributed by atoms with van der Waals surface area (Å²) in [6.07, 6.45) is 0.765. The first-order chi connectivity index (χ1) is 16.0. The van der Waals surface area contributed by atoms with Crippen molar-refractivity contribution in [3.63, 3.8) is 0 Å². The third-order valence-electron chi connectivity index (χ3n) is 5.65. The van der Waals surface area contributed by atoms with Crippen molar-refractivity contribution in [2.45, 2.75) is 18.2 Å². The van der Waals surface area contributed by atoms with E-state index in [1.54, 1.807) is 11.8 Å². The highest BCUT2D eigenvalue weighted by atomic mass is 35.5. The van der Waals surface area contributed by atoms with Crippen molar-refractivity contribution < 1.29 is 4.79 Å². The Bertz CT molecular complexity index is 1290. The van der Waals surface area contributed by atoms with Gasteiger partial charge in [0.2, 0.25) is 0 Å². The van der Waals surface area contributed by atoms with Crippen LogP contribution in [0.3, 0.4) is 0 Å². The van der Waals surface area contributed by atoms with Gasteiger partial charge in [0.25, 0.3) is 5.91 Å². The number of hydrogen-bond acceptors (Lipinski definition) is 5. The topological polar surface area (TPSA) is 35.9 Å². The van der Waals surface area contributed by atoms with Crippen LogP contribution < -0.4 is 4.90 Å². The maximum atomic E-state index is 13.7. The van der Waals surface area contributed by atoms with Crippen LogP contribution in [0.5, 0.6) is 0 Å². The molecule has 3 aromatic carbocycles. The number of carbonyl (C=O) groups excluding carboxylic acids is 1. The van der Waals surface area contributed by atoms with Crippen LogP contribution in [-0.2, 0) is 11.2 Å². The van der Waals surface area contributed by atoms with Crippen LogP contribution in [0.2, 0.25) is 5.02 Å². The molecule has 33 heavy (non-hydrogen) atoms. The van der Waals surface area contributed by atoms with Gasteiger partial charge in [-0.3, -0.25) is 9.69 Å². The Balaban J connectivity index is 1.51. The molecule has 1 amide bonds. The van der Waals surface area contributed by atoms with E-state index in [-0.39, 0.29) is 5.91 Å². The molecule has 0 bridgehead atoms. The number of para-hydroxylation sites is 1. The molecule has 0 aromatic heterocycles. The molecule has 4 nitrogen and oxygen atoms in total. The second-order valence-electron chi connectivity index (χ2n) is 7.88. The normalized spacial score (nSPS) is 19.0. The number of carbonyl (C=O) groups is 1. The number of amides is 1. The number of benzene rings is 3. The highest BCUT2D eigenvalue weighted by Crippen LogP contribution is 2.50. The van der Waals surface area contributed by atoms with E-state index < -0.39 is 0 Å². The van der Waals surface area contributed by atoms with Crippen LogP contribution in [0, 0.1) is 6.92 Å². The van der Waals surface area contributed by atoms with Crippen molar-refractivity contribution in [3.05, 3.63) is 98.9 Å². The summed E-state index contributed by atoms with van der Waals surface area (Å²) in [5.41, 5.74) is 4.17. The minimum atomic E-state index is -0.00322. The van der Waals surface area contributed by atoms with E-state index >= 15 is 0 Å². The van der Waals surface area contributed by atoms with Crippen LogP contribution in [0.1, 0.15) is 11.1 Å². The van der Waals surface area contributed by atoms with Gasteiger partial charge in [0.05, 0.1) is 16.4 Å². The molecule has 0 radical (unpaired) electrons. The maximum absolute atomic E-state index is 13.7. The number of anilines is 1. The van der Waals surface area contributed by atoms with Crippen molar-refractivity contribution in [2.24, 2.45) is 4.99 Å². The molecule has 0 saturated carbocycles. The summed E-state index contributed by atoms with van der Waals surface area (Å²) < 4.78 is 0. The van der Waals surface area contributed by atoms with Gasteiger partial charge in [-0.25, -0.2) is 4.99 Å². The third kappa shape index (κ3) is 4.43. The molecule has 0 N–H and O–H groups in total. The molecular weight excluding hydrogens is 470 g/mol. The zero-order valence-electron chi connectivity index (χ0n) is 18.3. The smallest absolute Gasteiger partial charge is 0.269 e. The van der Waals surface area contributed by atoms with Gasteiger partial charge in [0.1, 0.15) is 4.91 Å². The van der Waals surface area contributed by atoms with Crippen LogP contribution in [0.25, 0.3) is 0 Å². The van der Waals surface area contributed by atoms with Crippen LogP contribution >= 0.6 is 35.1 Å². The summed E-state index contributed by atoms with van der Waals surface area (Å²) in [6.45, 7) is 2.61. The molecule has 2 aliphatic heterocycles. The SMILES string of the molecule is Cc1ccccc1N=C1SC(=C2Sc3ccc(Cl)cc3N2C)C(=O)N1CCc1ccccc1. The van der Waals surface area contributed by atoms with Crippen molar-refractivity contribution in [1.29, 1.82) is 0 Å². The van der Waals surface area contributed by atoms with Gasteiger partial charge in [-0.2, -0.15) is 0 Å². The fourth-order valence-corrected chi connectivity index (χ4v) is 6.32. The van der Waals surface area contributed by atoms with E-state index in [2.05, 4.69) is 17.0 Å². The predicted molar refractivity (Wildman–Crippen MR) is 140 cm³/mol. The molecule has 5 rings (SSSR count). The van der Waals surface area contributed by atoms with Gasteiger partial charge >= 0.3 is 0 Å². The summed E-state index contributed by atoms with van der Waals surface area (Å²) in [5, 5.41) is 2.32. The summed E-state index contributed by atoms with van der Waals surface area (Å²) in [4.78, 5) is 24.2. The average molecular weight is 492 g/mol. The lowest BCUT2D eigenvalue weighted by Crippen LogP contribution is -2.31.